The fraction of sp³-hybridized carbons (Fsp3) is 0.632. The largest absolute Gasteiger partial charge is 0.445 e. The van der Waals surface area contributed by atoms with Gasteiger partial charge in [0.05, 0.1) is 6.10 Å². The Labute approximate surface area is 145 Å². The number of nitrogens with zero attached hydrogens (tertiary/aromatic N) is 1. The molecule has 1 aromatic rings. The van der Waals surface area contributed by atoms with Crippen molar-refractivity contribution in [2.45, 2.75) is 39.4 Å². The molecule has 24 heavy (non-hydrogen) atoms. The molecule has 0 saturated carbocycles. The second-order valence-corrected chi connectivity index (χ2v) is 7.14. The maximum absolute atomic E-state index is 11.9. The third kappa shape index (κ3) is 6.89. The number of nitrogens with one attached hydrogen (secondary N) is 1. The SMILES string of the molecule is CC(C)C[C@@H](CNC(=O)OCc1ccccc1)CN1CCC(O)C1. The van der Waals surface area contributed by atoms with E-state index in [1.165, 1.54) is 0 Å². The first-order valence-electron chi connectivity index (χ1n) is 8.88. The third-order valence-corrected chi connectivity index (χ3v) is 4.32. The van der Waals surface area contributed by atoms with E-state index < -0.39 is 0 Å². The van der Waals surface area contributed by atoms with E-state index in [1.54, 1.807) is 0 Å². The number of β-amino-alcohol motifs (C(OH)–C–C–N with tert-alkyl or cyclic N) is 1. The summed E-state index contributed by atoms with van der Waals surface area (Å²) < 4.78 is 5.27. The number of benzene rings is 1. The van der Waals surface area contributed by atoms with Crippen LogP contribution in [0.2, 0.25) is 0 Å². The van der Waals surface area contributed by atoms with Crippen LogP contribution >= 0.6 is 0 Å². The summed E-state index contributed by atoms with van der Waals surface area (Å²) in [6.07, 6.45) is 1.33. The van der Waals surface area contributed by atoms with Gasteiger partial charge in [-0.3, -0.25) is 0 Å². The van der Waals surface area contributed by atoms with E-state index in [1.807, 2.05) is 30.3 Å². The van der Waals surface area contributed by atoms with Crippen molar-refractivity contribution in [2.24, 2.45) is 11.8 Å². The molecular weight excluding hydrogens is 304 g/mol. The summed E-state index contributed by atoms with van der Waals surface area (Å²) in [4.78, 5) is 14.2. The third-order valence-electron chi connectivity index (χ3n) is 4.32. The number of amides is 1. The Morgan fingerprint density at radius 1 is 1.38 bits per heavy atom. The van der Waals surface area contributed by atoms with Crippen molar-refractivity contribution in [3.63, 3.8) is 0 Å². The molecule has 1 amide bonds. The topological polar surface area (TPSA) is 61.8 Å². The van der Waals surface area contributed by atoms with Gasteiger partial charge in [-0.15, -0.1) is 0 Å². The molecule has 2 rings (SSSR count). The molecule has 1 heterocycles. The number of carbonyl (C=O) groups is 1. The number of aliphatic hydroxyl groups is 1. The molecule has 2 N–H and O–H groups in total. The minimum atomic E-state index is -0.367. The van der Waals surface area contributed by atoms with Gasteiger partial charge < -0.3 is 20.1 Å². The van der Waals surface area contributed by atoms with Crippen LogP contribution in [0, 0.1) is 11.8 Å². The van der Waals surface area contributed by atoms with E-state index in [0.717, 1.165) is 38.0 Å². The van der Waals surface area contributed by atoms with Gasteiger partial charge >= 0.3 is 6.09 Å². The Balaban J connectivity index is 1.73. The monoisotopic (exact) mass is 334 g/mol. The number of rotatable bonds is 8. The number of likely N-dealkylation sites (tertiary alicyclic amines) is 1. The summed E-state index contributed by atoms with van der Waals surface area (Å²) >= 11 is 0. The molecule has 0 spiro atoms. The van der Waals surface area contributed by atoms with Crippen LogP contribution in [-0.2, 0) is 11.3 Å². The van der Waals surface area contributed by atoms with Crippen molar-refractivity contribution in [1.29, 1.82) is 0 Å². The summed E-state index contributed by atoms with van der Waals surface area (Å²) in [5.41, 5.74) is 0.984. The standard InChI is InChI=1S/C19H30N2O3/c1-15(2)10-17(12-21-9-8-18(22)13-21)11-20-19(23)24-14-16-6-4-3-5-7-16/h3-7,15,17-18,22H,8-14H2,1-2H3,(H,20,23)/t17-,18?/m0/s1. The Kier molecular flexibility index (Phi) is 7.53. The van der Waals surface area contributed by atoms with E-state index in [0.29, 0.717) is 25.0 Å². The highest BCUT2D eigenvalue weighted by molar-refractivity contribution is 5.67. The molecule has 0 bridgehead atoms. The average Bonchev–Trinajstić information content (AvgIpc) is 2.96. The van der Waals surface area contributed by atoms with Crippen molar-refractivity contribution in [1.82, 2.24) is 10.2 Å². The normalized spacial score (nSPS) is 19.4. The summed E-state index contributed by atoms with van der Waals surface area (Å²) in [6.45, 7) is 7.88. The first kappa shape index (κ1) is 18.7. The zero-order valence-electron chi connectivity index (χ0n) is 14.8. The van der Waals surface area contributed by atoms with Crippen molar-refractivity contribution < 1.29 is 14.6 Å². The van der Waals surface area contributed by atoms with Crippen LogP contribution in [-0.4, -0.2) is 48.4 Å². The highest BCUT2D eigenvalue weighted by Crippen LogP contribution is 2.16. The Hall–Kier alpha value is -1.59. The lowest BCUT2D eigenvalue weighted by Crippen LogP contribution is -2.37. The summed E-state index contributed by atoms with van der Waals surface area (Å²) in [7, 11) is 0. The number of aliphatic hydroxyl groups excluding tert-OH is 1. The zero-order valence-corrected chi connectivity index (χ0v) is 14.8. The summed E-state index contributed by atoms with van der Waals surface area (Å²) in [5, 5.41) is 12.6. The lowest BCUT2D eigenvalue weighted by Gasteiger charge is -2.25. The van der Waals surface area contributed by atoms with Crippen LogP contribution < -0.4 is 5.32 Å². The van der Waals surface area contributed by atoms with E-state index >= 15 is 0 Å². The quantitative estimate of drug-likeness (QED) is 0.767. The molecule has 5 nitrogen and oxygen atoms in total. The van der Waals surface area contributed by atoms with E-state index in [2.05, 4.69) is 24.1 Å². The van der Waals surface area contributed by atoms with Crippen LogP contribution in [0.3, 0.4) is 0 Å². The van der Waals surface area contributed by atoms with E-state index in [-0.39, 0.29) is 12.2 Å². The zero-order chi connectivity index (χ0) is 17.4. The second-order valence-electron chi connectivity index (χ2n) is 7.14. The maximum atomic E-state index is 11.9. The van der Waals surface area contributed by atoms with Crippen LogP contribution in [0.4, 0.5) is 4.79 Å². The highest BCUT2D eigenvalue weighted by atomic mass is 16.5. The van der Waals surface area contributed by atoms with Gasteiger partial charge in [-0.05, 0) is 30.2 Å². The Morgan fingerprint density at radius 2 is 2.12 bits per heavy atom. The average molecular weight is 334 g/mol. The molecule has 134 valence electrons. The molecule has 1 unspecified atom stereocenters. The minimum Gasteiger partial charge on any atom is -0.445 e. The van der Waals surface area contributed by atoms with Gasteiger partial charge in [-0.1, -0.05) is 44.2 Å². The van der Waals surface area contributed by atoms with E-state index in [4.69, 9.17) is 4.74 Å². The molecule has 0 aromatic heterocycles. The van der Waals surface area contributed by atoms with Gasteiger partial charge in [0.1, 0.15) is 6.61 Å². The Bertz CT molecular complexity index is 493. The molecular formula is C19H30N2O3. The van der Waals surface area contributed by atoms with Crippen LogP contribution in [0.5, 0.6) is 0 Å². The van der Waals surface area contributed by atoms with Crippen molar-refractivity contribution >= 4 is 6.09 Å². The van der Waals surface area contributed by atoms with Gasteiger partial charge in [0, 0.05) is 26.2 Å². The second kappa shape index (κ2) is 9.64. The fourth-order valence-corrected chi connectivity index (χ4v) is 3.23. The summed E-state index contributed by atoms with van der Waals surface area (Å²) in [6, 6.07) is 9.68. The smallest absolute Gasteiger partial charge is 0.407 e. The van der Waals surface area contributed by atoms with Gasteiger partial charge in [0.25, 0.3) is 0 Å². The molecule has 5 heteroatoms. The lowest BCUT2D eigenvalue weighted by atomic mass is 9.96. The predicted octanol–water partition coefficient (Wildman–Crippen LogP) is 2.64. The van der Waals surface area contributed by atoms with Crippen LogP contribution in [0.15, 0.2) is 30.3 Å². The number of alkyl carbamates (subject to hydrolysis) is 1. The molecule has 0 radical (unpaired) electrons. The van der Waals surface area contributed by atoms with Crippen LogP contribution in [0.1, 0.15) is 32.3 Å². The number of carbonyl (C=O) groups excluding carboxylic acids is 1. The van der Waals surface area contributed by atoms with E-state index in [9.17, 15) is 9.90 Å². The molecule has 1 aromatic carbocycles. The number of ether oxygens (including phenoxy) is 1. The fourth-order valence-electron chi connectivity index (χ4n) is 3.23. The predicted molar refractivity (Wildman–Crippen MR) is 94.6 cm³/mol. The first-order chi connectivity index (χ1) is 11.5. The number of hydrogen-bond donors (Lipinski definition) is 2. The van der Waals surface area contributed by atoms with Crippen molar-refractivity contribution in [3.8, 4) is 0 Å². The summed E-state index contributed by atoms with van der Waals surface area (Å²) in [5.74, 6) is 0.948. The molecule has 1 fully saturated rings. The number of hydrogen-bond acceptors (Lipinski definition) is 4. The molecule has 0 aliphatic carbocycles. The van der Waals surface area contributed by atoms with Gasteiger partial charge in [0.2, 0.25) is 0 Å². The maximum Gasteiger partial charge on any atom is 0.407 e. The van der Waals surface area contributed by atoms with Crippen molar-refractivity contribution in [2.75, 3.05) is 26.2 Å². The Morgan fingerprint density at radius 3 is 2.75 bits per heavy atom. The molecule has 1 aliphatic rings. The highest BCUT2D eigenvalue weighted by Gasteiger charge is 2.23. The first-order valence-corrected chi connectivity index (χ1v) is 8.88. The molecule has 2 atom stereocenters. The minimum absolute atomic E-state index is 0.200. The lowest BCUT2D eigenvalue weighted by molar-refractivity contribution is 0.134. The van der Waals surface area contributed by atoms with Gasteiger partial charge in [-0.25, -0.2) is 4.79 Å². The molecule has 1 aliphatic heterocycles. The van der Waals surface area contributed by atoms with Crippen LogP contribution in [0.25, 0.3) is 0 Å². The molecule has 1 saturated heterocycles. The van der Waals surface area contributed by atoms with Gasteiger partial charge in [0.15, 0.2) is 0 Å². The van der Waals surface area contributed by atoms with Crippen molar-refractivity contribution in [3.05, 3.63) is 35.9 Å². The van der Waals surface area contributed by atoms with Gasteiger partial charge in [-0.2, -0.15) is 0 Å².